The van der Waals surface area contributed by atoms with Crippen LogP contribution in [0, 0.1) is 6.92 Å². The van der Waals surface area contributed by atoms with Gasteiger partial charge in [-0.1, -0.05) is 36.4 Å². The smallest absolute Gasteiger partial charge is 0.275 e. The summed E-state index contributed by atoms with van der Waals surface area (Å²) in [5.74, 6) is 0.553. The van der Waals surface area contributed by atoms with Crippen molar-refractivity contribution in [1.29, 1.82) is 0 Å². The zero-order valence-electron chi connectivity index (χ0n) is 14.4. The molecule has 2 aromatic carbocycles. The number of nitrogens with one attached hydrogen (secondary N) is 1. The van der Waals surface area contributed by atoms with Gasteiger partial charge < -0.3 is 10.1 Å². The molecule has 1 N–H and O–H groups in total. The lowest BCUT2D eigenvalue weighted by Gasteiger charge is -2.26. The van der Waals surface area contributed by atoms with Gasteiger partial charge in [-0.05, 0) is 19.1 Å². The summed E-state index contributed by atoms with van der Waals surface area (Å²) < 4.78 is 6.85. The molecule has 0 fully saturated rings. The molecule has 0 bridgehead atoms. The number of hydrogen-bond donors (Lipinski definition) is 1. The number of aromatic nitrogens is 2. The minimum absolute atomic E-state index is 0.107. The maximum atomic E-state index is 12.6. The Kier molecular flexibility index (Phi) is 4.16. The molecule has 0 saturated carbocycles. The number of benzene rings is 2. The van der Waals surface area contributed by atoms with Gasteiger partial charge >= 0.3 is 0 Å². The molecule has 132 valence electrons. The SMILES string of the molecule is Cc1nn(CC(=O)NC2CCOc3ccccc32)c(=O)c2ccccc12. The fourth-order valence-electron chi connectivity index (χ4n) is 3.38. The lowest BCUT2D eigenvalue weighted by molar-refractivity contribution is -0.122. The Balaban J connectivity index is 1.57. The largest absolute Gasteiger partial charge is 0.493 e. The van der Waals surface area contributed by atoms with Crippen molar-refractivity contribution in [3.05, 3.63) is 70.1 Å². The van der Waals surface area contributed by atoms with Gasteiger partial charge in [-0.3, -0.25) is 9.59 Å². The molecule has 3 aromatic rings. The van der Waals surface area contributed by atoms with E-state index in [4.69, 9.17) is 4.74 Å². The van der Waals surface area contributed by atoms with Gasteiger partial charge in [-0.2, -0.15) is 5.10 Å². The van der Waals surface area contributed by atoms with E-state index in [0.717, 1.165) is 22.4 Å². The van der Waals surface area contributed by atoms with Crippen LogP contribution in [0.5, 0.6) is 5.75 Å². The van der Waals surface area contributed by atoms with Crippen LogP contribution < -0.4 is 15.6 Å². The number of amides is 1. The molecule has 1 atom stereocenters. The Labute approximate surface area is 150 Å². The fraction of sp³-hybridized carbons (Fsp3) is 0.250. The molecule has 1 aliphatic heterocycles. The predicted octanol–water partition coefficient (Wildman–Crippen LogP) is 2.34. The lowest BCUT2D eigenvalue weighted by atomic mass is 10.0. The molecule has 1 amide bonds. The molecule has 6 heteroatoms. The summed E-state index contributed by atoms with van der Waals surface area (Å²) in [4.78, 5) is 25.1. The van der Waals surface area contributed by atoms with Crippen molar-refractivity contribution in [3.63, 3.8) is 0 Å². The Bertz CT molecular complexity index is 1040. The van der Waals surface area contributed by atoms with Crippen molar-refractivity contribution in [2.75, 3.05) is 6.61 Å². The Morgan fingerprint density at radius 3 is 2.77 bits per heavy atom. The molecule has 1 unspecified atom stereocenters. The molecule has 0 saturated heterocycles. The van der Waals surface area contributed by atoms with E-state index in [1.807, 2.05) is 49.4 Å². The number of ether oxygens (including phenoxy) is 1. The van der Waals surface area contributed by atoms with E-state index in [1.54, 1.807) is 6.07 Å². The average molecular weight is 349 g/mol. The summed E-state index contributed by atoms with van der Waals surface area (Å²) in [5, 5.41) is 8.68. The van der Waals surface area contributed by atoms with E-state index in [1.165, 1.54) is 4.68 Å². The summed E-state index contributed by atoms with van der Waals surface area (Å²) >= 11 is 0. The number of nitrogens with zero attached hydrogens (tertiary/aromatic N) is 2. The fourth-order valence-corrected chi connectivity index (χ4v) is 3.38. The minimum atomic E-state index is -0.256. The highest BCUT2D eigenvalue weighted by atomic mass is 16.5. The van der Waals surface area contributed by atoms with Crippen LogP contribution in [0.1, 0.15) is 23.7 Å². The highest BCUT2D eigenvalue weighted by molar-refractivity contribution is 5.83. The van der Waals surface area contributed by atoms with Crippen LogP contribution in [0.25, 0.3) is 10.8 Å². The first-order valence-electron chi connectivity index (χ1n) is 8.61. The van der Waals surface area contributed by atoms with Crippen molar-refractivity contribution >= 4 is 16.7 Å². The standard InChI is InChI=1S/C20H19N3O3/c1-13-14-6-2-3-7-15(14)20(25)23(22-13)12-19(24)21-17-10-11-26-18-9-5-4-8-16(17)18/h2-9,17H,10-12H2,1H3,(H,21,24). The maximum Gasteiger partial charge on any atom is 0.275 e. The molecule has 0 aliphatic carbocycles. The van der Waals surface area contributed by atoms with E-state index in [2.05, 4.69) is 10.4 Å². The average Bonchev–Trinajstić information content (AvgIpc) is 2.66. The summed E-state index contributed by atoms with van der Waals surface area (Å²) in [6.45, 7) is 2.28. The Morgan fingerprint density at radius 2 is 1.92 bits per heavy atom. The van der Waals surface area contributed by atoms with E-state index in [9.17, 15) is 9.59 Å². The van der Waals surface area contributed by atoms with Gasteiger partial charge in [0.25, 0.3) is 5.56 Å². The number of rotatable bonds is 3. The number of carbonyl (C=O) groups excluding carboxylic acids is 1. The number of para-hydroxylation sites is 1. The quantitative estimate of drug-likeness (QED) is 0.788. The summed E-state index contributed by atoms with van der Waals surface area (Å²) in [7, 11) is 0. The van der Waals surface area contributed by atoms with Gasteiger partial charge in [0.05, 0.1) is 23.7 Å². The number of carbonyl (C=O) groups is 1. The predicted molar refractivity (Wildman–Crippen MR) is 98.2 cm³/mol. The van der Waals surface area contributed by atoms with Crippen LogP contribution in [0.15, 0.2) is 53.3 Å². The molecular weight excluding hydrogens is 330 g/mol. The number of aryl methyl sites for hydroxylation is 1. The molecule has 6 nitrogen and oxygen atoms in total. The van der Waals surface area contributed by atoms with Crippen LogP contribution in [0.4, 0.5) is 0 Å². The van der Waals surface area contributed by atoms with E-state index in [-0.39, 0.29) is 24.1 Å². The first-order chi connectivity index (χ1) is 12.6. The van der Waals surface area contributed by atoms with Gasteiger partial charge in [0.15, 0.2) is 0 Å². The molecule has 26 heavy (non-hydrogen) atoms. The minimum Gasteiger partial charge on any atom is -0.493 e. The van der Waals surface area contributed by atoms with E-state index in [0.29, 0.717) is 18.4 Å². The highest BCUT2D eigenvalue weighted by Crippen LogP contribution is 2.31. The zero-order chi connectivity index (χ0) is 18.1. The van der Waals surface area contributed by atoms with Crippen molar-refractivity contribution in [2.45, 2.75) is 25.9 Å². The van der Waals surface area contributed by atoms with Crippen LogP contribution in [-0.4, -0.2) is 22.3 Å². The molecule has 1 aliphatic rings. The summed E-state index contributed by atoms with van der Waals surface area (Å²) in [6, 6.07) is 14.9. The lowest BCUT2D eigenvalue weighted by Crippen LogP contribution is -2.37. The van der Waals surface area contributed by atoms with Gasteiger partial charge in [-0.15, -0.1) is 0 Å². The van der Waals surface area contributed by atoms with Crippen LogP contribution in [-0.2, 0) is 11.3 Å². The molecule has 0 spiro atoms. The third kappa shape index (κ3) is 2.94. The van der Waals surface area contributed by atoms with Crippen LogP contribution in [0.3, 0.4) is 0 Å². The summed E-state index contributed by atoms with van der Waals surface area (Å²) in [6.07, 6.45) is 0.696. The topological polar surface area (TPSA) is 73.2 Å². The van der Waals surface area contributed by atoms with Crippen molar-refractivity contribution in [2.24, 2.45) is 0 Å². The molecular formula is C20H19N3O3. The second-order valence-electron chi connectivity index (χ2n) is 6.39. The molecule has 1 aromatic heterocycles. The van der Waals surface area contributed by atoms with Crippen molar-refractivity contribution in [1.82, 2.24) is 15.1 Å². The van der Waals surface area contributed by atoms with Crippen molar-refractivity contribution in [3.8, 4) is 5.75 Å². The third-order valence-electron chi connectivity index (χ3n) is 4.64. The van der Waals surface area contributed by atoms with Gasteiger partial charge in [0.2, 0.25) is 5.91 Å². The normalized spacial score (nSPS) is 16.0. The Morgan fingerprint density at radius 1 is 1.19 bits per heavy atom. The van der Waals surface area contributed by atoms with Gasteiger partial charge in [0, 0.05) is 17.4 Å². The number of hydrogen-bond acceptors (Lipinski definition) is 4. The zero-order valence-corrected chi connectivity index (χ0v) is 14.4. The van der Waals surface area contributed by atoms with E-state index < -0.39 is 0 Å². The second kappa shape index (κ2) is 6.63. The van der Waals surface area contributed by atoms with Gasteiger partial charge in [0.1, 0.15) is 12.3 Å². The maximum absolute atomic E-state index is 12.6. The monoisotopic (exact) mass is 349 g/mol. The Hall–Kier alpha value is -3.15. The number of fused-ring (bicyclic) bond motifs is 2. The van der Waals surface area contributed by atoms with Gasteiger partial charge in [-0.25, -0.2) is 4.68 Å². The molecule has 4 rings (SSSR count). The highest BCUT2D eigenvalue weighted by Gasteiger charge is 2.23. The molecule has 2 heterocycles. The van der Waals surface area contributed by atoms with Crippen LogP contribution in [0.2, 0.25) is 0 Å². The summed E-state index contributed by atoms with van der Waals surface area (Å²) in [5.41, 5.74) is 1.43. The van der Waals surface area contributed by atoms with Crippen LogP contribution >= 0.6 is 0 Å². The second-order valence-corrected chi connectivity index (χ2v) is 6.39. The first kappa shape index (κ1) is 16.3. The molecule has 0 radical (unpaired) electrons. The first-order valence-corrected chi connectivity index (χ1v) is 8.61. The third-order valence-corrected chi connectivity index (χ3v) is 4.64. The van der Waals surface area contributed by atoms with E-state index >= 15 is 0 Å². The van der Waals surface area contributed by atoms with Crippen molar-refractivity contribution < 1.29 is 9.53 Å².